The Morgan fingerprint density at radius 1 is 0.966 bits per heavy atom. The maximum absolute atomic E-state index is 13.0. The van der Waals surface area contributed by atoms with Gasteiger partial charge in [-0.3, -0.25) is 9.59 Å². The smallest absolute Gasteiger partial charge is 0.220 e. The van der Waals surface area contributed by atoms with Crippen LogP contribution in [0.2, 0.25) is 0 Å². The zero-order chi connectivity index (χ0) is 20.6. The molecule has 0 aliphatic rings. The van der Waals surface area contributed by atoms with E-state index in [0.29, 0.717) is 30.5 Å². The van der Waals surface area contributed by atoms with Crippen LogP contribution in [0.5, 0.6) is 5.75 Å². The summed E-state index contributed by atoms with van der Waals surface area (Å²) in [5.74, 6) is 0.842. The number of amides is 1. The minimum Gasteiger partial charge on any atom is -0.497 e. The van der Waals surface area contributed by atoms with E-state index in [2.05, 4.69) is 12.2 Å². The summed E-state index contributed by atoms with van der Waals surface area (Å²) in [7, 11) is 1.64. The fourth-order valence-corrected chi connectivity index (χ4v) is 3.40. The molecule has 0 radical (unpaired) electrons. The summed E-state index contributed by atoms with van der Waals surface area (Å²) < 4.78 is 5.37. The van der Waals surface area contributed by atoms with Gasteiger partial charge in [-0.25, -0.2) is 0 Å². The largest absolute Gasteiger partial charge is 0.497 e. The van der Waals surface area contributed by atoms with Crippen LogP contribution in [0.15, 0.2) is 60.7 Å². The molecule has 0 bridgehead atoms. The Hall–Kier alpha value is -3.14. The number of rotatable bonds is 9. The topological polar surface area (TPSA) is 55.4 Å². The summed E-state index contributed by atoms with van der Waals surface area (Å²) >= 11 is 0. The molecular formula is C25H27NO3. The molecule has 0 unspecified atom stereocenters. The molecular weight excluding hydrogens is 362 g/mol. The summed E-state index contributed by atoms with van der Waals surface area (Å²) in [6, 6.07) is 19.0. The van der Waals surface area contributed by atoms with Crippen molar-refractivity contribution >= 4 is 22.5 Å². The highest BCUT2D eigenvalue weighted by molar-refractivity contribution is 6.11. The van der Waals surface area contributed by atoms with E-state index in [1.807, 2.05) is 60.7 Å². The molecule has 150 valence electrons. The molecule has 0 atom stereocenters. The van der Waals surface area contributed by atoms with Gasteiger partial charge in [-0.1, -0.05) is 49.7 Å². The highest BCUT2D eigenvalue weighted by Gasteiger charge is 2.13. The van der Waals surface area contributed by atoms with Gasteiger partial charge < -0.3 is 10.1 Å². The van der Waals surface area contributed by atoms with E-state index >= 15 is 0 Å². The summed E-state index contributed by atoms with van der Waals surface area (Å²) in [5.41, 5.74) is 2.34. The second-order valence-electron chi connectivity index (χ2n) is 7.12. The lowest BCUT2D eigenvalue weighted by Gasteiger charge is -2.12. The Labute approximate surface area is 171 Å². The van der Waals surface area contributed by atoms with E-state index < -0.39 is 0 Å². The van der Waals surface area contributed by atoms with Gasteiger partial charge in [0, 0.05) is 24.1 Å². The quantitative estimate of drug-likeness (QED) is 0.528. The monoisotopic (exact) mass is 389 g/mol. The minimum absolute atomic E-state index is 0.00319. The van der Waals surface area contributed by atoms with Crippen molar-refractivity contribution in [2.75, 3.05) is 13.7 Å². The molecule has 0 saturated carbocycles. The van der Waals surface area contributed by atoms with E-state index in [-0.39, 0.29) is 11.7 Å². The molecule has 3 rings (SSSR count). The van der Waals surface area contributed by atoms with Gasteiger partial charge in [-0.2, -0.15) is 0 Å². The molecule has 0 aliphatic carbocycles. The Morgan fingerprint density at radius 3 is 2.48 bits per heavy atom. The molecule has 0 fully saturated rings. The minimum atomic E-state index is -0.00319. The number of hydrogen-bond donors (Lipinski definition) is 1. The number of carbonyl (C=O) groups excluding carboxylic acids is 2. The van der Waals surface area contributed by atoms with Crippen molar-refractivity contribution in [2.45, 2.75) is 32.6 Å². The number of methoxy groups -OCH3 is 1. The lowest BCUT2D eigenvalue weighted by atomic mass is 9.94. The molecule has 4 nitrogen and oxygen atoms in total. The van der Waals surface area contributed by atoms with Gasteiger partial charge in [0.05, 0.1) is 7.11 Å². The number of hydrogen-bond acceptors (Lipinski definition) is 3. The second-order valence-corrected chi connectivity index (χ2v) is 7.12. The van der Waals surface area contributed by atoms with E-state index in [0.717, 1.165) is 34.9 Å². The van der Waals surface area contributed by atoms with Crippen molar-refractivity contribution in [3.63, 3.8) is 0 Å². The van der Waals surface area contributed by atoms with E-state index in [9.17, 15) is 9.59 Å². The van der Waals surface area contributed by atoms with E-state index in [1.54, 1.807) is 7.11 Å². The number of fused-ring (bicyclic) bond motifs is 1. The second kappa shape index (κ2) is 9.87. The van der Waals surface area contributed by atoms with Gasteiger partial charge in [0.25, 0.3) is 0 Å². The third-order valence-corrected chi connectivity index (χ3v) is 5.02. The molecule has 0 aromatic heterocycles. The van der Waals surface area contributed by atoms with Gasteiger partial charge in [0.1, 0.15) is 5.75 Å². The first-order chi connectivity index (χ1) is 14.1. The molecule has 3 aromatic carbocycles. The Balaban J connectivity index is 1.90. The SMILES string of the molecule is CCCCC(=O)NCCc1cc(C(=O)c2ccccc2)cc2ccc(OC)cc12. The Bertz CT molecular complexity index is 996. The predicted octanol–water partition coefficient (Wildman–Crippen LogP) is 4.93. The molecule has 3 aromatic rings. The number of benzene rings is 3. The fourth-order valence-electron chi connectivity index (χ4n) is 3.40. The van der Waals surface area contributed by atoms with Crippen molar-refractivity contribution in [2.24, 2.45) is 0 Å². The molecule has 1 amide bonds. The van der Waals surface area contributed by atoms with Gasteiger partial charge in [0.15, 0.2) is 5.78 Å². The van der Waals surface area contributed by atoms with Crippen molar-refractivity contribution in [3.05, 3.63) is 77.4 Å². The number of nitrogens with one attached hydrogen (secondary N) is 1. The van der Waals surface area contributed by atoms with Crippen LogP contribution in [0.4, 0.5) is 0 Å². The average molecular weight is 389 g/mol. The van der Waals surface area contributed by atoms with Crippen LogP contribution in [0.25, 0.3) is 10.8 Å². The maximum Gasteiger partial charge on any atom is 0.220 e. The third kappa shape index (κ3) is 5.23. The number of unbranched alkanes of at least 4 members (excludes halogenated alkanes) is 1. The van der Waals surface area contributed by atoms with Crippen molar-refractivity contribution in [1.82, 2.24) is 5.32 Å². The summed E-state index contributed by atoms with van der Waals surface area (Å²) in [4.78, 5) is 24.9. The van der Waals surface area contributed by atoms with Crippen LogP contribution in [-0.2, 0) is 11.2 Å². The zero-order valence-corrected chi connectivity index (χ0v) is 17.0. The first kappa shape index (κ1) is 20.6. The summed E-state index contributed by atoms with van der Waals surface area (Å²) in [6.45, 7) is 2.61. The molecule has 29 heavy (non-hydrogen) atoms. The first-order valence-electron chi connectivity index (χ1n) is 10.1. The lowest BCUT2D eigenvalue weighted by molar-refractivity contribution is -0.121. The highest BCUT2D eigenvalue weighted by Crippen LogP contribution is 2.27. The van der Waals surface area contributed by atoms with Crippen LogP contribution in [-0.4, -0.2) is 25.3 Å². The molecule has 0 aliphatic heterocycles. The summed E-state index contributed by atoms with van der Waals surface area (Å²) in [6.07, 6.45) is 3.10. The van der Waals surface area contributed by atoms with Gasteiger partial charge >= 0.3 is 0 Å². The predicted molar refractivity (Wildman–Crippen MR) is 117 cm³/mol. The van der Waals surface area contributed by atoms with E-state index in [4.69, 9.17) is 4.74 Å². The first-order valence-corrected chi connectivity index (χ1v) is 10.1. The van der Waals surface area contributed by atoms with Crippen molar-refractivity contribution in [3.8, 4) is 5.75 Å². The number of ketones is 1. The highest BCUT2D eigenvalue weighted by atomic mass is 16.5. The van der Waals surface area contributed by atoms with Gasteiger partial charge in [-0.05, 0) is 53.4 Å². The maximum atomic E-state index is 13.0. The normalized spacial score (nSPS) is 10.7. The summed E-state index contributed by atoms with van der Waals surface area (Å²) in [5, 5.41) is 5.01. The molecule has 0 spiro atoms. The average Bonchev–Trinajstić information content (AvgIpc) is 2.77. The molecule has 4 heteroatoms. The van der Waals surface area contributed by atoms with Crippen LogP contribution >= 0.6 is 0 Å². The lowest BCUT2D eigenvalue weighted by Crippen LogP contribution is -2.25. The fraction of sp³-hybridized carbons (Fsp3) is 0.280. The van der Waals surface area contributed by atoms with Gasteiger partial charge in [-0.15, -0.1) is 0 Å². The van der Waals surface area contributed by atoms with Crippen LogP contribution in [0.1, 0.15) is 47.7 Å². The molecule has 0 heterocycles. The Kier molecular flexibility index (Phi) is 7.01. The zero-order valence-electron chi connectivity index (χ0n) is 17.0. The number of carbonyl (C=O) groups is 2. The molecule has 1 N–H and O–H groups in total. The van der Waals surface area contributed by atoms with E-state index in [1.165, 1.54) is 0 Å². The molecule has 0 saturated heterocycles. The number of ether oxygens (including phenoxy) is 1. The van der Waals surface area contributed by atoms with Crippen molar-refractivity contribution < 1.29 is 14.3 Å². The third-order valence-electron chi connectivity index (χ3n) is 5.02. The Morgan fingerprint density at radius 2 is 1.76 bits per heavy atom. The standard InChI is InChI=1S/C25H27NO3/c1-3-4-10-24(27)26-14-13-20-16-21(25(28)18-8-6-5-7-9-18)15-19-11-12-22(29-2)17-23(19)20/h5-9,11-12,15-17H,3-4,10,13-14H2,1-2H3,(H,26,27). The van der Waals surface area contributed by atoms with Gasteiger partial charge in [0.2, 0.25) is 5.91 Å². The van der Waals surface area contributed by atoms with Crippen LogP contribution in [0.3, 0.4) is 0 Å². The van der Waals surface area contributed by atoms with Crippen LogP contribution in [0, 0.1) is 0 Å². The van der Waals surface area contributed by atoms with Crippen LogP contribution < -0.4 is 10.1 Å². The van der Waals surface area contributed by atoms with Crippen molar-refractivity contribution in [1.29, 1.82) is 0 Å².